The number of carboxylic acid groups (broad SMARTS) is 1. The number of halogens is 5. The second kappa shape index (κ2) is 20.4. The van der Waals surface area contributed by atoms with Crippen LogP contribution in [0.4, 0.5) is 34.0 Å². The Hall–Kier alpha value is -6.28. The highest BCUT2D eigenvalue weighted by molar-refractivity contribution is 6.82. The lowest BCUT2D eigenvalue weighted by Crippen LogP contribution is -2.43. The van der Waals surface area contributed by atoms with Crippen molar-refractivity contribution in [2.75, 3.05) is 63.5 Å². The predicted molar refractivity (Wildman–Crippen MR) is 261 cm³/mol. The Morgan fingerprint density at radius 2 is 1.72 bits per heavy atom. The molecule has 3 aliphatic heterocycles. The average molecular weight is 1010 g/mol. The standard InChI is InChI=1S/C51H52ClF4N7O7Si/c1-6-68-35-24-50(18-8-20-62(50)27-35)28-70-48-59-44-39-45(69-22-21-63(46(39)60-48)30(3)36-9-7-19-57-47(36)71-49(64)65)41(52)38(42(44)53)43-40(51(54,55)56)29(2)23-37(58-43)61(25-31-10-14-33(66-4)15-11-31)26-32-12-16-34(67-5)17-13-32/h7,9-17,19,23,30,35H,6,8,18,20-22,24-28H2,1-5H3,(H,64,65)/t30-,35-,50+/m1/s1. The molecule has 20 heteroatoms. The van der Waals surface area contributed by atoms with Gasteiger partial charge >= 0.3 is 12.2 Å². The first-order chi connectivity index (χ1) is 34.1. The number of rotatable bonds is 17. The molecule has 2 saturated heterocycles. The van der Waals surface area contributed by atoms with Crippen molar-refractivity contribution < 1.29 is 51.1 Å². The number of aryl methyl sites for hydroxylation is 1. The fourth-order valence-corrected chi connectivity index (χ4v) is 11.3. The SMILES string of the molecule is CCO[C@H]1CN2CCC[C@@]2(COc2nc3c4c(c(Cl)c(-c5nc(N(Cc6ccc(OC)cc6)Cc6ccc(OC)cc6)cc(C)c5C(F)(F)F)c(F)c4n2)OCCN3[C@H](C)c2cccnc2[Si]C(=O)O)C1. The summed E-state index contributed by atoms with van der Waals surface area (Å²) in [6.45, 7) is 7.75. The molecule has 14 nitrogen and oxygen atoms in total. The minimum absolute atomic E-state index is 0.000852. The zero-order valence-corrected chi connectivity index (χ0v) is 41.5. The number of alkyl halides is 3. The summed E-state index contributed by atoms with van der Waals surface area (Å²) in [5.41, 5.74) is -2.53. The zero-order chi connectivity index (χ0) is 50.2. The molecule has 3 aliphatic rings. The van der Waals surface area contributed by atoms with E-state index in [9.17, 15) is 9.90 Å². The number of pyridine rings is 2. The number of anilines is 2. The summed E-state index contributed by atoms with van der Waals surface area (Å²) in [5.74, 6) is 0.149. The summed E-state index contributed by atoms with van der Waals surface area (Å²) in [6, 6.07) is 18.5. The van der Waals surface area contributed by atoms with Gasteiger partial charge in [0.1, 0.15) is 41.9 Å². The fraction of sp³-hybridized carbons (Fsp3) is 0.392. The van der Waals surface area contributed by atoms with Crippen molar-refractivity contribution in [2.24, 2.45) is 0 Å². The number of methoxy groups -OCH3 is 2. The number of aromatic nitrogens is 4. The van der Waals surface area contributed by atoms with Crippen LogP contribution in [0.2, 0.25) is 5.02 Å². The van der Waals surface area contributed by atoms with Crippen LogP contribution in [-0.2, 0) is 24.0 Å². The monoisotopic (exact) mass is 1010 g/mol. The lowest BCUT2D eigenvalue weighted by Gasteiger charge is -2.32. The molecule has 3 atom stereocenters. The van der Waals surface area contributed by atoms with E-state index in [1.807, 2.05) is 38.1 Å². The van der Waals surface area contributed by atoms with Gasteiger partial charge in [0, 0.05) is 37.8 Å². The molecule has 6 heterocycles. The lowest BCUT2D eigenvalue weighted by molar-refractivity contribution is -0.137. The molecule has 372 valence electrons. The summed E-state index contributed by atoms with van der Waals surface area (Å²) in [5, 5.41) is 9.68. The quantitative estimate of drug-likeness (QED) is 0.0684. The molecule has 0 unspecified atom stereocenters. The molecule has 0 saturated carbocycles. The highest BCUT2D eigenvalue weighted by atomic mass is 35.5. The number of hydrogen-bond acceptors (Lipinski definition) is 13. The molecule has 3 aromatic heterocycles. The van der Waals surface area contributed by atoms with Crippen molar-refractivity contribution in [1.29, 1.82) is 0 Å². The van der Waals surface area contributed by atoms with E-state index in [0.717, 1.165) is 37.1 Å². The molecule has 3 aromatic carbocycles. The van der Waals surface area contributed by atoms with E-state index in [0.29, 0.717) is 35.4 Å². The van der Waals surface area contributed by atoms with E-state index >= 15 is 17.6 Å². The van der Waals surface area contributed by atoms with Crippen molar-refractivity contribution in [3.8, 4) is 34.5 Å². The van der Waals surface area contributed by atoms with Gasteiger partial charge < -0.3 is 38.6 Å². The Kier molecular flexibility index (Phi) is 14.3. The lowest BCUT2D eigenvalue weighted by atomic mass is 9.94. The van der Waals surface area contributed by atoms with Gasteiger partial charge in [0.25, 0.3) is 15.1 Å². The molecule has 0 amide bonds. The maximum Gasteiger partial charge on any atom is 0.418 e. The average Bonchev–Trinajstić information content (AvgIpc) is 3.82. The van der Waals surface area contributed by atoms with Crippen molar-refractivity contribution >= 4 is 54.6 Å². The van der Waals surface area contributed by atoms with Crippen molar-refractivity contribution in [2.45, 2.75) is 77.0 Å². The predicted octanol–water partition coefficient (Wildman–Crippen LogP) is 9.42. The minimum Gasteiger partial charge on any atom is -0.497 e. The van der Waals surface area contributed by atoms with Crippen LogP contribution < -0.4 is 34.1 Å². The van der Waals surface area contributed by atoms with Gasteiger partial charge in [0.05, 0.1) is 65.7 Å². The molecule has 0 aliphatic carbocycles. The minimum atomic E-state index is -5.02. The van der Waals surface area contributed by atoms with Crippen molar-refractivity contribution in [1.82, 2.24) is 24.8 Å². The second-order valence-electron chi connectivity index (χ2n) is 17.9. The Balaban J connectivity index is 1.23. The van der Waals surface area contributed by atoms with Crippen LogP contribution in [0.5, 0.6) is 23.3 Å². The van der Waals surface area contributed by atoms with Gasteiger partial charge in [0.15, 0.2) is 11.6 Å². The molecule has 2 radical (unpaired) electrons. The number of fused-ring (bicyclic) bond motifs is 1. The summed E-state index contributed by atoms with van der Waals surface area (Å²) in [4.78, 5) is 36.6. The summed E-state index contributed by atoms with van der Waals surface area (Å²) in [7, 11) is 2.43. The topological polar surface area (TPSA) is 145 Å². The highest BCUT2D eigenvalue weighted by Gasteiger charge is 2.50. The smallest absolute Gasteiger partial charge is 0.418 e. The van der Waals surface area contributed by atoms with Crippen molar-refractivity contribution in [3.63, 3.8) is 0 Å². The molecule has 2 fully saturated rings. The number of carbonyl (C=O) groups is 1. The Bertz CT molecular complexity index is 2890. The number of ether oxygens (including phenoxy) is 5. The molecular weight excluding hydrogens is 962 g/mol. The van der Waals surface area contributed by atoms with E-state index in [1.54, 1.807) is 60.4 Å². The molecule has 9 rings (SSSR count). The van der Waals surface area contributed by atoms with Crippen molar-refractivity contribution in [3.05, 3.63) is 112 Å². The van der Waals surface area contributed by atoms with Gasteiger partial charge in [-0.3, -0.25) is 14.7 Å². The van der Waals surface area contributed by atoms with Gasteiger partial charge in [-0.2, -0.15) is 23.1 Å². The van der Waals surface area contributed by atoms with Gasteiger partial charge in [-0.1, -0.05) is 41.9 Å². The summed E-state index contributed by atoms with van der Waals surface area (Å²) >= 11 is 7.24. The van der Waals surface area contributed by atoms with Gasteiger partial charge in [-0.25, -0.2) is 9.37 Å². The number of benzene rings is 3. The van der Waals surface area contributed by atoms with Crippen LogP contribution in [0.15, 0.2) is 72.9 Å². The second-order valence-corrected chi connectivity index (χ2v) is 19.4. The first kappa shape index (κ1) is 49.7. The van der Waals surface area contributed by atoms with Crippen LogP contribution in [0.3, 0.4) is 0 Å². The first-order valence-electron chi connectivity index (χ1n) is 23.3. The third-order valence-electron chi connectivity index (χ3n) is 13.5. The molecule has 6 aromatic rings. The summed E-state index contributed by atoms with van der Waals surface area (Å²) < 4.78 is 94.6. The van der Waals surface area contributed by atoms with Crippen LogP contribution in [0, 0.1) is 12.7 Å². The van der Waals surface area contributed by atoms with Crippen LogP contribution in [0.1, 0.15) is 67.0 Å². The Morgan fingerprint density at radius 1 is 1.03 bits per heavy atom. The Labute approximate surface area is 415 Å². The molecule has 1 N–H and O–H groups in total. The molecule has 71 heavy (non-hydrogen) atoms. The van der Waals surface area contributed by atoms with Crippen LogP contribution in [-0.4, -0.2) is 110 Å². The number of hydrogen-bond donors (Lipinski definition) is 1. The first-order valence-corrected chi connectivity index (χ1v) is 24.7. The van der Waals surface area contributed by atoms with E-state index in [4.69, 9.17) is 45.3 Å². The van der Waals surface area contributed by atoms with Crippen LogP contribution in [0.25, 0.3) is 22.2 Å². The van der Waals surface area contributed by atoms with Gasteiger partial charge in [-0.15, -0.1) is 0 Å². The molecule has 0 spiro atoms. The third-order valence-corrected chi connectivity index (χ3v) is 14.8. The van der Waals surface area contributed by atoms with E-state index < -0.39 is 66.0 Å². The molecule has 0 bridgehead atoms. The van der Waals surface area contributed by atoms with Gasteiger partial charge in [-0.05, 0) is 105 Å². The normalized spacial score (nSPS) is 18.2. The summed E-state index contributed by atoms with van der Waals surface area (Å²) in [6.07, 6.45) is -1.08. The zero-order valence-electron chi connectivity index (χ0n) is 39.8. The third kappa shape index (κ3) is 10.0. The van der Waals surface area contributed by atoms with E-state index in [1.165, 1.54) is 19.2 Å². The fourth-order valence-electron chi connectivity index (χ4n) is 10.2. The molecular formula is C51H52ClF4N7O7Si. The maximum atomic E-state index is 18.2. The Morgan fingerprint density at radius 3 is 2.35 bits per heavy atom. The van der Waals surface area contributed by atoms with Gasteiger partial charge in [0.2, 0.25) is 0 Å². The largest absolute Gasteiger partial charge is 0.497 e. The van der Waals surface area contributed by atoms with E-state index in [2.05, 4.69) is 14.9 Å². The number of nitrogens with zero attached hydrogens (tertiary/aromatic N) is 7. The highest BCUT2D eigenvalue weighted by Crippen LogP contribution is 2.51. The van der Waals surface area contributed by atoms with Crippen LogP contribution >= 0.6 is 11.6 Å². The maximum absolute atomic E-state index is 18.2. The van der Waals surface area contributed by atoms with E-state index in [-0.39, 0.29) is 73.3 Å².